The number of hydrogen-bond acceptors (Lipinski definition) is 4. The summed E-state index contributed by atoms with van der Waals surface area (Å²) in [7, 11) is -3.51. The quantitative estimate of drug-likeness (QED) is 0.776. The molecular formula is C13H24N4O2S. The van der Waals surface area contributed by atoms with Crippen LogP contribution in [0.3, 0.4) is 0 Å². The fraction of sp³-hybridized carbons (Fsp3) is 0.769. The van der Waals surface area contributed by atoms with Crippen molar-refractivity contribution in [2.24, 2.45) is 5.41 Å². The first kappa shape index (κ1) is 15.5. The Kier molecular flexibility index (Phi) is 4.22. The molecule has 2 heterocycles. The standard InChI is InChI=1S/C13H24N4O2S/c1-9-12(10(2)17-16-9)20(18,19)15-8-11-13(3,4)6-5-7-14-11/h11,14-15H,5-8H2,1-4H3,(H,16,17). The van der Waals surface area contributed by atoms with E-state index in [1.807, 2.05) is 0 Å². The lowest BCUT2D eigenvalue weighted by Crippen LogP contribution is -2.52. The average Bonchev–Trinajstić information content (AvgIpc) is 2.67. The molecule has 1 aromatic heterocycles. The number of nitrogens with zero attached hydrogens (tertiary/aromatic N) is 1. The summed E-state index contributed by atoms with van der Waals surface area (Å²) >= 11 is 0. The van der Waals surface area contributed by atoms with Gasteiger partial charge in [-0.05, 0) is 38.6 Å². The van der Waals surface area contributed by atoms with Gasteiger partial charge in [0.15, 0.2) is 0 Å². The molecule has 1 saturated heterocycles. The van der Waals surface area contributed by atoms with Crippen molar-refractivity contribution in [1.82, 2.24) is 20.2 Å². The molecule has 3 N–H and O–H groups in total. The SMILES string of the molecule is Cc1n[nH]c(C)c1S(=O)(=O)NCC1NCCCC1(C)C. The van der Waals surface area contributed by atoms with E-state index in [0.717, 1.165) is 19.4 Å². The van der Waals surface area contributed by atoms with Crippen molar-refractivity contribution in [3.05, 3.63) is 11.4 Å². The molecule has 0 saturated carbocycles. The molecule has 6 nitrogen and oxygen atoms in total. The molecule has 2 rings (SSSR count). The lowest BCUT2D eigenvalue weighted by atomic mass is 9.78. The molecule has 0 aromatic carbocycles. The van der Waals surface area contributed by atoms with E-state index < -0.39 is 10.0 Å². The summed E-state index contributed by atoms with van der Waals surface area (Å²) < 4.78 is 27.5. The highest BCUT2D eigenvalue weighted by Gasteiger charge is 2.33. The summed E-state index contributed by atoms with van der Waals surface area (Å²) in [6, 6.07) is 0.151. The van der Waals surface area contributed by atoms with Crippen LogP contribution < -0.4 is 10.0 Å². The maximum absolute atomic E-state index is 12.4. The fourth-order valence-corrected chi connectivity index (χ4v) is 4.23. The van der Waals surface area contributed by atoms with Crippen LogP contribution in [0.5, 0.6) is 0 Å². The molecular weight excluding hydrogens is 276 g/mol. The Hall–Kier alpha value is -0.920. The van der Waals surface area contributed by atoms with Crippen molar-refractivity contribution >= 4 is 10.0 Å². The van der Waals surface area contributed by atoms with Crippen LogP contribution in [0, 0.1) is 19.3 Å². The number of sulfonamides is 1. The Morgan fingerprint density at radius 2 is 2.10 bits per heavy atom. The fourth-order valence-electron chi connectivity index (χ4n) is 2.82. The van der Waals surface area contributed by atoms with Crippen LogP contribution in [0.15, 0.2) is 4.90 Å². The van der Waals surface area contributed by atoms with Crippen LogP contribution in [0.4, 0.5) is 0 Å². The second-order valence-corrected chi connectivity index (χ2v) is 7.92. The number of piperidine rings is 1. The molecule has 1 aromatic rings. The van der Waals surface area contributed by atoms with Gasteiger partial charge in [0.25, 0.3) is 0 Å². The van der Waals surface area contributed by atoms with E-state index in [2.05, 4.69) is 34.1 Å². The molecule has 1 aliphatic heterocycles. The lowest BCUT2D eigenvalue weighted by molar-refractivity contribution is 0.181. The van der Waals surface area contributed by atoms with Gasteiger partial charge in [-0.1, -0.05) is 13.8 Å². The zero-order chi connectivity index (χ0) is 15.0. The van der Waals surface area contributed by atoms with Crippen molar-refractivity contribution in [3.63, 3.8) is 0 Å². The zero-order valence-electron chi connectivity index (χ0n) is 12.6. The Bertz CT molecular complexity index is 558. The van der Waals surface area contributed by atoms with Crippen LogP contribution in [-0.4, -0.2) is 37.7 Å². The van der Waals surface area contributed by atoms with Gasteiger partial charge in [-0.15, -0.1) is 0 Å². The monoisotopic (exact) mass is 300 g/mol. The maximum atomic E-state index is 12.4. The Labute approximate surface area is 120 Å². The first-order chi connectivity index (χ1) is 9.24. The topological polar surface area (TPSA) is 86.9 Å². The minimum atomic E-state index is -3.51. The highest BCUT2D eigenvalue weighted by molar-refractivity contribution is 7.89. The van der Waals surface area contributed by atoms with E-state index in [1.165, 1.54) is 0 Å². The van der Waals surface area contributed by atoms with Crippen LogP contribution in [0.2, 0.25) is 0 Å². The van der Waals surface area contributed by atoms with Crippen LogP contribution >= 0.6 is 0 Å². The Balaban J connectivity index is 2.10. The number of aryl methyl sites for hydroxylation is 2. The third-order valence-corrected chi connectivity index (χ3v) is 5.82. The van der Waals surface area contributed by atoms with Crippen molar-refractivity contribution in [2.45, 2.75) is 51.5 Å². The van der Waals surface area contributed by atoms with Crippen molar-refractivity contribution in [1.29, 1.82) is 0 Å². The molecule has 20 heavy (non-hydrogen) atoms. The number of hydrogen-bond donors (Lipinski definition) is 3. The van der Waals surface area contributed by atoms with Gasteiger partial charge in [-0.3, -0.25) is 5.10 Å². The minimum absolute atomic E-state index is 0.0985. The Morgan fingerprint density at radius 1 is 1.40 bits per heavy atom. The average molecular weight is 300 g/mol. The molecule has 0 radical (unpaired) electrons. The first-order valence-corrected chi connectivity index (χ1v) is 8.47. The highest BCUT2D eigenvalue weighted by atomic mass is 32.2. The lowest BCUT2D eigenvalue weighted by Gasteiger charge is -2.39. The summed E-state index contributed by atoms with van der Waals surface area (Å²) in [5.74, 6) is 0. The molecule has 1 unspecified atom stereocenters. The van der Waals surface area contributed by atoms with Gasteiger partial charge < -0.3 is 5.32 Å². The molecule has 0 spiro atoms. The van der Waals surface area contributed by atoms with Crippen LogP contribution in [-0.2, 0) is 10.0 Å². The largest absolute Gasteiger partial charge is 0.312 e. The van der Waals surface area contributed by atoms with Gasteiger partial charge in [0, 0.05) is 12.6 Å². The second kappa shape index (κ2) is 5.46. The summed E-state index contributed by atoms with van der Waals surface area (Å²) in [5, 5.41) is 10.1. The second-order valence-electron chi connectivity index (χ2n) is 6.21. The van der Waals surface area contributed by atoms with Gasteiger partial charge in [-0.25, -0.2) is 13.1 Å². The molecule has 7 heteroatoms. The van der Waals surface area contributed by atoms with Gasteiger partial charge >= 0.3 is 0 Å². The number of H-pyrrole nitrogens is 1. The van der Waals surface area contributed by atoms with E-state index in [9.17, 15) is 8.42 Å². The minimum Gasteiger partial charge on any atom is -0.312 e. The van der Waals surface area contributed by atoms with Gasteiger partial charge in [0.05, 0.1) is 11.4 Å². The number of aromatic amines is 1. The van der Waals surface area contributed by atoms with Gasteiger partial charge in [0.1, 0.15) is 4.90 Å². The normalized spacial score (nSPS) is 22.9. The third kappa shape index (κ3) is 3.05. The summed E-state index contributed by atoms with van der Waals surface area (Å²) in [6.45, 7) is 9.11. The van der Waals surface area contributed by atoms with Gasteiger partial charge in [-0.2, -0.15) is 5.10 Å². The van der Waals surface area contributed by atoms with Gasteiger partial charge in [0.2, 0.25) is 10.0 Å². The molecule has 0 amide bonds. The first-order valence-electron chi connectivity index (χ1n) is 6.99. The third-order valence-electron chi connectivity index (χ3n) is 4.14. The number of rotatable bonds is 4. The van der Waals surface area contributed by atoms with Crippen LogP contribution in [0.1, 0.15) is 38.1 Å². The van der Waals surface area contributed by atoms with E-state index in [-0.39, 0.29) is 16.4 Å². The zero-order valence-corrected chi connectivity index (χ0v) is 13.4. The summed E-state index contributed by atoms with van der Waals surface area (Å²) in [6.07, 6.45) is 2.24. The Morgan fingerprint density at radius 3 is 2.65 bits per heavy atom. The van der Waals surface area contributed by atoms with E-state index in [1.54, 1.807) is 13.8 Å². The number of aromatic nitrogens is 2. The van der Waals surface area contributed by atoms with Crippen molar-refractivity contribution in [3.8, 4) is 0 Å². The van der Waals surface area contributed by atoms with E-state index in [4.69, 9.17) is 0 Å². The predicted molar refractivity (Wildman–Crippen MR) is 78.1 cm³/mol. The van der Waals surface area contributed by atoms with Crippen molar-refractivity contribution < 1.29 is 8.42 Å². The maximum Gasteiger partial charge on any atom is 0.244 e. The van der Waals surface area contributed by atoms with Crippen LogP contribution in [0.25, 0.3) is 0 Å². The van der Waals surface area contributed by atoms with E-state index >= 15 is 0 Å². The molecule has 0 aliphatic carbocycles. The molecule has 1 fully saturated rings. The molecule has 1 atom stereocenters. The molecule has 114 valence electrons. The molecule has 1 aliphatic rings. The number of nitrogens with one attached hydrogen (secondary N) is 3. The smallest absolute Gasteiger partial charge is 0.244 e. The molecule has 0 bridgehead atoms. The summed E-state index contributed by atoms with van der Waals surface area (Å²) in [5.41, 5.74) is 1.18. The highest BCUT2D eigenvalue weighted by Crippen LogP contribution is 2.30. The van der Waals surface area contributed by atoms with Crippen molar-refractivity contribution in [2.75, 3.05) is 13.1 Å². The van der Waals surface area contributed by atoms with E-state index in [0.29, 0.717) is 17.9 Å². The summed E-state index contributed by atoms with van der Waals surface area (Å²) in [4.78, 5) is 0.270. The predicted octanol–water partition coefficient (Wildman–Crippen LogP) is 1.08.